The maximum atomic E-state index is 10.7. The third kappa shape index (κ3) is 4.82. The molecule has 0 aliphatic heterocycles. The van der Waals surface area contributed by atoms with Crippen LogP contribution >= 0.6 is 0 Å². The van der Waals surface area contributed by atoms with Gasteiger partial charge in [0.05, 0.1) is 4.92 Å². The average molecular weight is 266 g/mol. The van der Waals surface area contributed by atoms with Crippen molar-refractivity contribution in [3.63, 3.8) is 0 Å². The number of hydrogen-bond donors (Lipinski definition) is 1. The Morgan fingerprint density at radius 1 is 1.47 bits per heavy atom. The zero-order chi connectivity index (χ0) is 14.6. The predicted octanol–water partition coefficient (Wildman–Crippen LogP) is 2.30. The van der Waals surface area contributed by atoms with Crippen molar-refractivity contribution in [1.29, 1.82) is 0 Å². The summed E-state index contributed by atoms with van der Waals surface area (Å²) in [5, 5.41) is 13.9. The van der Waals surface area contributed by atoms with Crippen LogP contribution in [0.3, 0.4) is 0 Å². The summed E-state index contributed by atoms with van der Waals surface area (Å²) in [6.07, 6.45) is 1.30. The van der Waals surface area contributed by atoms with Crippen LogP contribution in [0.15, 0.2) is 12.3 Å². The lowest BCUT2D eigenvalue weighted by molar-refractivity contribution is -0.385. The smallest absolute Gasteiger partial charge is 0.290 e. The molecule has 0 aliphatic rings. The lowest BCUT2D eigenvalue weighted by atomic mass is 9.93. The van der Waals surface area contributed by atoms with Gasteiger partial charge in [0.25, 0.3) is 5.69 Å². The first-order valence-electron chi connectivity index (χ1n) is 6.21. The molecule has 0 aromatic carbocycles. The number of pyridine rings is 1. The number of aryl methyl sites for hydroxylation is 1. The van der Waals surface area contributed by atoms with E-state index in [9.17, 15) is 10.1 Å². The van der Waals surface area contributed by atoms with Crippen LogP contribution in [0.1, 0.15) is 19.4 Å². The van der Waals surface area contributed by atoms with E-state index < -0.39 is 4.92 Å². The lowest BCUT2D eigenvalue weighted by Gasteiger charge is -2.28. The van der Waals surface area contributed by atoms with Crippen molar-refractivity contribution in [2.45, 2.75) is 20.8 Å². The molecule has 1 heterocycles. The summed E-state index contributed by atoms with van der Waals surface area (Å²) in [4.78, 5) is 16.5. The van der Waals surface area contributed by atoms with Gasteiger partial charge in [-0.2, -0.15) is 0 Å². The third-order valence-corrected chi connectivity index (χ3v) is 2.77. The second kappa shape index (κ2) is 5.97. The van der Waals surface area contributed by atoms with Crippen molar-refractivity contribution in [1.82, 2.24) is 9.88 Å². The summed E-state index contributed by atoms with van der Waals surface area (Å²) in [6, 6.07) is 1.71. The van der Waals surface area contributed by atoms with Crippen molar-refractivity contribution >= 4 is 11.5 Å². The standard InChI is InChI=1S/C13H22N4O2/c1-10-6-12(14-7-11(10)17(18)19)15-8-13(2,3)9-16(4)5/h6-7H,8-9H2,1-5H3,(H,14,15). The number of aromatic nitrogens is 1. The van der Waals surface area contributed by atoms with E-state index in [4.69, 9.17) is 0 Å². The first-order valence-corrected chi connectivity index (χ1v) is 6.21. The molecule has 0 bridgehead atoms. The van der Waals surface area contributed by atoms with Crippen molar-refractivity contribution in [2.24, 2.45) is 5.41 Å². The summed E-state index contributed by atoms with van der Waals surface area (Å²) < 4.78 is 0. The second-order valence-corrected chi connectivity index (χ2v) is 5.87. The summed E-state index contributed by atoms with van der Waals surface area (Å²) in [7, 11) is 4.08. The normalized spacial score (nSPS) is 11.7. The maximum absolute atomic E-state index is 10.7. The molecular weight excluding hydrogens is 244 g/mol. The Balaban J connectivity index is 2.69. The monoisotopic (exact) mass is 266 g/mol. The van der Waals surface area contributed by atoms with Crippen LogP contribution < -0.4 is 5.32 Å². The van der Waals surface area contributed by atoms with Crippen LogP contribution in [0.25, 0.3) is 0 Å². The average Bonchev–Trinajstić information content (AvgIpc) is 2.24. The van der Waals surface area contributed by atoms with Gasteiger partial charge in [-0.1, -0.05) is 13.8 Å². The SMILES string of the molecule is Cc1cc(NCC(C)(C)CN(C)C)ncc1[N+](=O)[O-]. The van der Waals surface area contributed by atoms with Gasteiger partial charge in [0.2, 0.25) is 0 Å². The highest BCUT2D eigenvalue weighted by atomic mass is 16.6. The molecule has 6 nitrogen and oxygen atoms in total. The van der Waals surface area contributed by atoms with Crippen LogP contribution in [-0.4, -0.2) is 42.0 Å². The fourth-order valence-electron chi connectivity index (χ4n) is 2.08. The zero-order valence-electron chi connectivity index (χ0n) is 12.2. The number of nitrogens with zero attached hydrogens (tertiary/aromatic N) is 3. The Bertz CT molecular complexity index is 458. The van der Waals surface area contributed by atoms with Gasteiger partial charge in [-0.15, -0.1) is 0 Å². The molecule has 0 atom stereocenters. The highest BCUT2D eigenvalue weighted by molar-refractivity contribution is 5.46. The minimum Gasteiger partial charge on any atom is -0.369 e. The van der Waals surface area contributed by atoms with E-state index >= 15 is 0 Å². The third-order valence-electron chi connectivity index (χ3n) is 2.77. The van der Waals surface area contributed by atoms with Gasteiger partial charge in [0.1, 0.15) is 12.0 Å². The van der Waals surface area contributed by atoms with Gasteiger partial charge in [0.15, 0.2) is 0 Å². The molecule has 1 rings (SSSR count). The van der Waals surface area contributed by atoms with Crippen molar-refractivity contribution in [2.75, 3.05) is 32.5 Å². The topological polar surface area (TPSA) is 71.3 Å². The van der Waals surface area contributed by atoms with Gasteiger partial charge in [-0.3, -0.25) is 10.1 Å². The van der Waals surface area contributed by atoms with E-state index in [1.165, 1.54) is 6.20 Å². The molecule has 1 aromatic heterocycles. The molecule has 1 aromatic rings. The number of nitrogens with one attached hydrogen (secondary N) is 1. The highest BCUT2D eigenvalue weighted by Gasteiger charge is 2.19. The van der Waals surface area contributed by atoms with Gasteiger partial charge in [-0.05, 0) is 32.5 Å². The minimum absolute atomic E-state index is 0.0538. The number of rotatable bonds is 6. The van der Waals surface area contributed by atoms with E-state index in [1.54, 1.807) is 13.0 Å². The Hall–Kier alpha value is -1.69. The van der Waals surface area contributed by atoms with E-state index in [0.29, 0.717) is 11.4 Å². The van der Waals surface area contributed by atoms with Crippen molar-refractivity contribution in [3.8, 4) is 0 Å². The number of nitro groups is 1. The van der Waals surface area contributed by atoms with Crippen LogP contribution in [0.5, 0.6) is 0 Å². The molecule has 0 aliphatic carbocycles. The first-order chi connectivity index (χ1) is 8.71. The molecule has 0 saturated carbocycles. The molecule has 1 N–H and O–H groups in total. The van der Waals surface area contributed by atoms with Gasteiger partial charge in [0, 0.05) is 18.7 Å². The summed E-state index contributed by atoms with van der Waals surface area (Å²) in [6.45, 7) is 7.76. The molecular formula is C13H22N4O2. The maximum Gasteiger partial charge on any atom is 0.290 e. The van der Waals surface area contributed by atoms with Gasteiger partial charge >= 0.3 is 0 Å². The molecule has 106 valence electrons. The minimum atomic E-state index is -0.415. The zero-order valence-corrected chi connectivity index (χ0v) is 12.2. The van der Waals surface area contributed by atoms with E-state index in [1.807, 2.05) is 14.1 Å². The number of anilines is 1. The Morgan fingerprint density at radius 2 is 2.11 bits per heavy atom. The number of hydrogen-bond acceptors (Lipinski definition) is 5. The van der Waals surface area contributed by atoms with Crippen LogP contribution in [0, 0.1) is 22.5 Å². The molecule has 19 heavy (non-hydrogen) atoms. The quantitative estimate of drug-likeness (QED) is 0.632. The Morgan fingerprint density at radius 3 is 2.58 bits per heavy atom. The molecule has 0 radical (unpaired) electrons. The van der Waals surface area contributed by atoms with Crippen LogP contribution in [-0.2, 0) is 0 Å². The Kier molecular flexibility index (Phi) is 4.83. The van der Waals surface area contributed by atoms with Crippen molar-refractivity contribution in [3.05, 3.63) is 27.9 Å². The second-order valence-electron chi connectivity index (χ2n) is 5.87. The lowest BCUT2D eigenvalue weighted by Crippen LogP contribution is -2.34. The van der Waals surface area contributed by atoms with Crippen LogP contribution in [0.4, 0.5) is 11.5 Å². The molecule has 0 amide bonds. The summed E-state index contributed by atoms with van der Waals surface area (Å²) in [5.41, 5.74) is 0.770. The fourth-order valence-corrected chi connectivity index (χ4v) is 2.08. The van der Waals surface area contributed by atoms with E-state index in [2.05, 4.69) is 29.0 Å². The van der Waals surface area contributed by atoms with Crippen molar-refractivity contribution < 1.29 is 4.92 Å². The van der Waals surface area contributed by atoms with Gasteiger partial charge < -0.3 is 10.2 Å². The largest absolute Gasteiger partial charge is 0.369 e. The molecule has 0 unspecified atom stereocenters. The van der Waals surface area contributed by atoms with E-state index in [0.717, 1.165) is 13.1 Å². The molecule has 6 heteroatoms. The summed E-state index contributed by atoms with van der Waals surface area (Å²) in [5.74, 6) is 0.676. The van der Waals surface area contributed by atoms with E-state index in [-0.39, 0.29) is 11.1 Å². The predicted molar refractivity (Wildman–Crippen MR) is 76.5 cm³/mol. The van der Waals surface area contributed by atoms with Gasteiger partial charge in [-0.25, -0.2) is 4.98 Å². The molecule has 0 saturated heterocycles. The summed E-state index contributed by atoms with van der Waals surface area (Å²) >= 11 is 0. The fraction of sp³-hybridized carbons (Fsp3) is 0.615. The first kappa shape index (κ1) is 15.4. The molecule has 0 spiro atoms. The highest BCUT2D eigenvalue weighted by Crippen LogP contribution is 2.21. The molecule has 0 fully saturated rings. The van der Waals surface area contributed by atoms with Crippen LogP contribution in [0.2, 0.25) is 0 Å². The Labute approximate surface area is 114 Å².